The highest BCUT2D eigenvalue weighted by Gasteiger charge is 2.24. The molecule has 0 bridgehead atoms. The molecule has 126 valence electrons. The minimum atomic E-state index is -0.476. The molecule has 0 saturated heterocycles. The van der Waals surface area contributed by atoms with Crippen molar-refractivity contribution in [1.29, 1.82) is 0 Å². The molecule has 1 aromatic rings. The molecular formula is C18H26N2O3. The Morgan fingerprint density at radius 1 is 1.30 bits per heavy atom. The first kappa shape index (κ1) is 17.5. The molecule has 1 aliphatic carbocycles. The van der Waals surface area contributed by atoms with Crippen LogP contribution in [0.15, 0.2) is 24.3 Å². The van der Waals surface area contributed by atoms with E-state index in [0.29, 0.717) is 11.6 Å². The lowest BCUT2D eigenvalue weighted by Crippen LogP contribution is -2.33. The van der Waals surface area contributed by atoms with Crippen LogP contribution in [0.2, 0.25) is 0 Å². The second-order valence-electron chi connectivity index (χ2n) is 6.50. The number of rotatable bonds is 6. The highest BCUT2D eigenvalue weighted by Crippen LogP contribution is 2.26. The van der Waals surface area contributed by atoms with Crippen molar-refractivity contribution in [1.82, 2.24) is 0 Å². The van der Waals surface area contributed by atoms with Gasteiger partial charge in [-0.3, -0.25) is 9.59 Å². The molecule has 3 atom stereocenters. The van der Waals surface area contributed by atoms with E-state index < -0.39 is 6.10 Å². The zero-order valence-corrected chi connectivity index (χ0v) is 13.9. The lowest BCUT2D eigenvalue weighted by Gasteiger charge is -2.29. The number of ether oxygens (including phenoxy) is 1. The first-order chi connectivity index (χ1) is 10.9. The Balaban J connectivity index is 1.84. The molecule has 1 aliphatic rings. The van der Waals surface area contributed by atoms with E-state index in [2.05, 4.69) is 12.2 Å². The molecule has 3 N–H and O–H groups in total. The number of benzene rings is 1. The van der Waals surface area contributed by atoms with Gasteiger partial charge in [-0.05, 0) is 43.4 Å². The summed E-state index contributed by atoms with van der Waals surface area (Å²) in [6, 6.07) is 7.11. The average Bonchev–Trinajstić information content (AvgIpc) is 2.48. The Labute approximate surface area is 137 Å². The summed E-state index contributed by atoms with van der Waals surface area (Å²) in [6.45, 7) is 4.02. The van der Waals surface area contributed by atoms with Crippen LogP contribution in [0.25, 0.3) is 0 Å². The fourth-order valence-corrected chi connectivity index (χ4v) is 3.00. The fourth-order valence-electron chi connectivity index (χ4n) is 3.00. The van der Waals surface area contributed by atoms with Crippen molar-refractivity contribution in [3.63, 3.8) is 0 Å². The number of primary amides is 1. The van der Waals surface area contributed by atoms with Gasteiger partial charge in [0.15, 0.2) is 0 Å². The van der Waals surface area contributed by atoms with Crippen LogP contribution in [-0.2, 0) is 20.7 Å². The molecular weight excluding hydrogens is 292 g/mol. The Morgan fingerprint density at radius 2 is 2.00 bits per heavy atom. The van der Waals surface area contributed by atoms with E-state index in [4.69, 9.17) is 10.5 Å². The number of hydrogen-bond acceptors (Lipinski definition) is 3. The lowest BCUT2D eigenvalue weighted by atomic mass is 9.88. The summed E-state index contributed by atoms with van der Waals surface area (Å²) in [7, 11) is 0. The van der Waals surface area contributed by atoms with E-state index in [1.165, 1.54) is 12.8 Å². The van der Waals surface area contributed by atoms with E-state index in [1.54, 1.807) is 31.2 Å². The van der Waals surface area contributed by atoms with E-state index in [1.807, 2.05) is 0 Å². The van der Waals surface area contributed by atoms with Crippen molar-refractivity contribution in [3.05, 3.63) is 29.8 Å². The number of anilines is 1. The van der Waals surface area contributed by atoms with Crippen molar-refractivity contribution >= 4 is 17.5 Å². The highest BCUT2D eigenvalue weighted by atomic mass is 16.5. The van der Waals surface area contributed by atoms with Crippen molar-refractivity contribution in [2.45, 2.75) is 58.2 Å². The van der Waals surface area contributed by atoms with E-state index in [0.717, 1.165) is 18.4 Å². The number of nitrogens with one attached hydrogen (secondary N) is 1. The Hall–Kier alpha value is -1.88. The van der Waals surface area contributed by atoms with Gasteiger partial charge in [-0.25, -0.2) is 0 Å². The van der Waals surface area contributed by atoms with Gasteiger partial charge in [0.2, 0.25) is 5.91 Å². The molecule has 0 aromatic heterocycles. The highest BCUT2D eigenvalue weighted by molar-refractivity contribution is 5.93. The van der Waals surface area contributed by atoms with Gasteiger partial charge in [0.1, 0.15) is 6.10 Å². The maximum Gasteiger partial charge on any atom is 0.253 e. The van der Waals surface area contributed by atoms with Gasteiger partial charge < -0.3 is 15.8 Å². The summed E-state index contributed by atoms with van der Waals surface area (Å²) in [5, 5.41) is 2.84. The average molecular weight is 318 g/mol. The molecule has 0 heterocycles. The number of hydrogen-bond donors (Lipinski definition) is 2. The second kappa shape index (κ2) is 8.11. The van der Waals surface area contributed by atoms with Crippen LogP contribution < -0.4 is 11.1 Å². The van der Waals surface area contributed by atoms with Gasteiger partial charge in [0, 0.05) is 5.69 Å². The minimum Gasteiger partial charge on any atom is -0.369 e. The Bertz CT molecular complexity index is 542. The summed E-state index contributed by atoms with van der Waals surface area (Å²) < 4.78 is 5.90. The Morgan fingerprint density at radius 3 is 2.61 bits per heavy atom. The van der Waals surface area contributed by atoms with Gasteiger partial charge >= 0.3 is 0 Å². The zero-order chi connectivity index (χ0) is 16.8. The third-order valence-corrected chi connectivity index (χ3v) is 4.25. The van der Waals surface area contributed by atoms with Crippen LogP contribution >= 0.6 is 0 Å². The van der Waals surface area contributed by atoms with Crippen molar-refractivity contribution in [3.8, 4) is 0 Å². The summed E-state index contributed by atoms with van der Waals surface area (Å²) in [5.41, 5.74) is 6.68. The molecule has 0 radical (unpaired) electrons. The van der Waals surface area contributed by atoms with Crippen LogP contribution in [0.5, 0.6) is 0 Å². The van der Waals surface area contributed by atoms with Crippen LogP contribution in [0.4, 0.5) is 5.69 Å². The van der Waals surface area contributed by atoms with E-state index in [-0.39, 0.29) is 24.3 Å². The zero-order valence-electron chi connectivity index (χ0n) is 13.9. The molecule has 0 aliphatic heterocycles. The standard InChI is InChI=1S/C18H26N2O3/c1-12-4-3-5-16(10-12)23-13(2)18(22)20-15-8-6-14(7-9-15)11-17(19)21/h6-9,12-13,16H,3-5,10-11H2,1-2H3,(H2,19,21)(H,20,22). The molecule has 2 amide bonds. The largest absolute Gasteiger partial charge is 0.369 e. The molecule has 3 unspecified atom stereocenters. The van der Waals surface area contributed by atoms with E-state index in [9.17, 15) is 9.59 Å². The topological polar surface area (TPSA) is 81.4 Å². The van der Waals surface area contributed by atoms with E-state index >= 15 is 0 Å². The molecule has 1 fully saturated rings. The minimum absolute atomic E-state index is 0.147. The fraction of sp³-hybridized carbons (Fsp3) is 0.556. The normalized spacial score (nSPS) is 22.3. The second-order valence-corrected chi connectivity index (χ2v) is 6.50. The van der Waals surface area contributed by atoms with Crippen LogP contribution in [0.3, 0.4) is 0 Å². The molecule has 23 heavy (non-hydrogen) atoms. The van der Waals surface area contributed by atoms with Gasteiger partial charge in [-0.2, -0.15) is 0 Å². The van der Waals surface area contributed by atoms with Crippen LogP contribution in [0, 0.1) is 5.92 Å². The number of carbonyl (C=O) groups is 2. The third kappa shape index (κ3) is 5.67. The Kier molecular flexibility index (Phi) is 6.16. The van der Waals surface area contributed by atoms with Gasteiger partial charge in [-0.15, -0.1) is 0 Å². The predicted molar refractivity (Wildman–Crippen MR) is 89.9 cm³/mol. The van der Waals surface area contributed by atoms with Gasteiger partial charge in [-0.1, -0.05) is 31.9 Å². The van der Waals surface area contributed by atoms with Crippen LogP contribution in [0.1, 0.15) is 45.1 Å². The van der Waals surface area contributed by atoms with Crippen molar-refractivity contribution in [2.75, 3.05) is 5.32 Å². The molecule has 0 spiro atoms. The first-order valence-electron chi connectivity index (χ1n) is 8.27. The quantitative estimate of drug-likeness (QED) is 0.846. The molecule has 1 saturated carbocycles. The smallest absolute Gasteiger partial charge is 0.253 e. The maximum absolute atomic E-state index is 12.2. The number of amides is 2. The summed E-state index contributed by atoms with van der Waals surface area (Å²) in [4.78, 5) is 23.1. The SMILES string of the molecule is CC1CCCC(OC(C)C(=O)Nc2ccc(CC(N)=O)cc2)C1. The molecule has 1 aromatic carbocycles. The lowest BCUT2D eigenvalue weighted by molar-refractivity contribution is -0.131. The monoisotopic (exact) mass is 318 g/mol. The summed E-state index contributed by atoms with van der Waals surface area (Å²) in [5.74, 6) is 0.151. The van der Waals surface area contributed by atoms with Crippen LogP contribution in [-0.4, -0.2) is 24.0 Å². The summed E-state index contributed by atoms with van der Waals surface area (Å²) >= 11 is 0. The molecule has 5 heteroatoms. The first-order valence-corrected chi connectivity index (χ1v) is 8.27. The third-order valence-electron chi connectivity index (χ3n) is 4.25. The van der Waals surface area contributed by atoms with Crippen molar-refractivity contribution < 1.29 is 14.3 Å². The molecule has 5 nitrogen and oxygen atoms in total. The maximum atomic E-state index is 12.2. The van der Waals surface area contributed by atoms with Crippen molar-refractivity contribution in [2.24, 2.45) is 11.7 Å². The molecule has 2 rings (SSSR count). The van der Waals surface area contributed by atoms with Gasteiger partial charge in [0.05, 0.1) is 12.5 Å². The number of nitrogens with two attached hydrogens (primary N) is 1. The number of carbonyl (C=O) groups excluding carboxylic acids is 2. The summed E-state index contributed by atoms with van der Waals surface area (Å²) in [6.07, 6.45) is 4.38. The predicted octanol–water partition coefficient (Wildman–Crippen LogP) is 2.64. The van der Waals surface area contributed by atoms with Gasteiger partial charge in [0.25, 0.3) is 5.91 Å².